The molecule has 2 bridgehead atoms. The average Bonchev–Trinajstić information content (AvgIpc) is 2.62. The molecule has 17 heavy (non-hydrogen) atoms. The summed E-state index contributed by atoms with van der Waals surface area (Å²) in [4.78, 5) is 0. The lowest BCUT2D eigenvalue weighted by molar-refractivity contribution is -0.179. The van der Waals surface area contributed by atoms with Crippen LogP contribution in [0.4, 0.5) is 0 Å². The van der Waals surface area contributed by atoms with Crippen LogP contribution in [0.25, 0.3) is 0 Å². The van der Waals surface area contributed by atoms with Gasteiger partial charge < -0.3 is 5.73 Å². The van der Waals surface area contributed by atoms with Gasteiger partial charge in [-0.25, -0.2) is 13.6 Å². The van der Waals surface area contributed by atoms with Gasteiger partial charge in [0, 0.05) is 0 Å². The van der Waals surface area contributed by atoms with Gasteiger partial charge in [0.2, 0.25) is 0 Å². The van der Waals surface area contributed by atoms with E-state index in [1.807, 2.05) is 0 Å². The predicted molar refractivity (Wildman–Crippen MR) is 62.9 cm³/mol. The van der Waals surface area contributed by atoms with Gasteiger partial charge in [0.15, 0.2) is 0 Å². The van der Waals surface area contributed by atoms with E-state index in [4.69, 9.17) is 25.0 Å². The molecule has 7 heteroatoms. The summed E-state index contributed by atoms with van der Waals surface area (Å²) in [5.74, 6) is -1.24. The molecule has 0 amide bonds. The molecule has 4 N–H and O–H groups in total. The Morgan fingerprint density at radius 1 is 1.06 bits per heavy atom. The second-order valence-corrected chi connectivity index (χ2v) is 6.11. The number of hydrogen-bond acceptors (Lipinski definition) is 6. The molecule has 0 aromatic rings. The number of hydrogen-bond donors (Lipinski definition) is 2. The standard InChI is InChI=1S/C10H21N2O4P/c11-8-6-4-2-1-3-5-7-9-10(12)15-17(13,14-9)16-10/h9H,1-8,11-12H2. The molecule has 3 heterocycles. The summed E-state index contributed by atoms with van der Waals surface area (Å²) in [5.41, 5.74) is 11.1. The molecule has 0 aromatic carbocycles. The monoisotopic (exact) mass is 264 g/mol. The Morgan fingerprint density at radius 3 is 2.18 bits per heavy atom. The highest BCUT2D eigenvalue weighted by molar-refractivity contribution is 7.50. The van der Waals surface area contributed by atoms with Crippen molar-refractivity contribution in [3.05, 3.63) is 0 Å². The number of unbranched alkanes of at least 4 members (excludes halogenated alkanes) is 5. The van der Waals surface area contributed by atoms with Crippen LogP contribution in [-0.2, 0) is 18.1 Å². The zero-order chi connectivity index (χ0) is 12.4. The highest BCUT2D eigenvalue weighted by Crippen LogP contribution is 2.72. The first kappa shape index (κ1) is 13.5. The molecule has 1 unspecified atom stereocenters. The summed E-state index contributed by atoms with van der Waals surface area (Å²) in [5, 5.41) is 0. The van der Waals surface area contributed by atoms with Gasteiger partial charge in [0.05, 0.1) is 0 Å². The quantitative estimate of drug-likeness (QED) is 0.513. The maximum absolute atomic E-state index is 11.3. The highest BCUT2D eigenvalue weighted by atomic mass is 31.2. The van der Waals surface area contributed by atoms with Crippen molar-refractivity contribution in [2.24, 2.45) is 11.5 Å². The van der Waals surface area contributed by atoms with Gasteiger partial charge in [-0.05, 0) is 19.4 Å². The molecule has 100 valence electrons. The third-order valence-electron chi connectivity index (χ3n) is 3.13. The molecular formula is C10H21N2O4P. The lowest BCUT2D eigenvalue weighted by atomic mass is 10.1. The molecule has 3 saturated heterocycles. The number of phosphoric acid groups is 1. The molecule has 3 fully saturated rings. The van der Waals surface area contributed by atoms with Gasteiger partial charge in [-0.1, -0.05) is 32.1 Å². The van der Waals surface area contributed by atoms with E-state index in [0.717, 1.165) is 32.2 Å². The van der Waals surface area contributed by atoms with Crippen LogP contribution >= 0.6 is 7.82 Å². The van der Waals surface area contributed by atoms with Crippen LogP contribution in [0.15, 0.2) is 0 Å². The normalized spacial score (nSPS) is 39.3. The minimum atomic E-state index is -3.23. The maximum atomic E-state index is 11.3. The third-order valence-corrected chi connectivity index (χ3v) is 4.67. The van der Waals surface area contributed by atoms with Crippen molar-refractivity contribution in [3.63, 3.8) is 0 Å². The molecule has 6 nitrogen and oxygen atoms in total. The van der Waals surface area contributed by atoms with E-state index in [-0.39, 0.29) is 6.10 Å². The Balaban J connectivity index is 1.53. The van der Waals surface area contributed by atoms with Crippen molar-refractivity contribution in [1.82, 2.24) is 0 Å². The lowest BCUT2D eigenvalue weighted by Gasteiger charge is -2.31. The molecule has 3 aliphatic heterocycles. The van der Waals surface area contributed by atoms with E-state index < -0.39 is 13.7 Å². The SMILES string of the molecule is NCCCCCCCCC1OP2(=O)OC1(N)O2. The second-order valence-electron chi connectivity index (χ2n) is 4.64. The summed E-state index contributed by atoms with van der Waals surface area (Å²) in [6, 6.07) is 0. The van der Waals surface area contributed by atoms with Crippen molar-refractivity contribution in [3.8, 4) is 0 Å². The Bertz CT molecular complexity index is 303. The fourth-order valence-corrected chi connectivity index (χ4v) is 3.78. The number of phosphoric ester groups is 1. The van der Waals surface area contributed by atoms with Crippen LogP contribution < -0.4 is 11.5 Å². The fraction of sp³-hybridized carbons (Fsp3) is 1.00. The van der Waals surface area contributed by atoms with E-state index >= 15 is 0 Å². The van der Waals surface area contributed by atoms with Crippen molar-refractivity contribution < 1.29 is 18.1 Å². The van der Waals surface area contributed by atoms with Crippen LogP contribution in [0.1, 0.15) is 44.9 Å². The predicted octanol–water partition coefficient (Wildman–Crippen LogP) is 1.84. The first-order valence-corrected chi connectivity index (χ1v) is 7.73. The fourth-order valence-electron chi connectivity index (χ4n) is 2.18. The van der Waals surface area contributed by atoms with Crippen molar-refractivity contribution in [1.29, 1.82) is 0 Å². The molecule has 3 aliphatic rings. The molecular weight excluding hydrogens is 243 g/mol. The van der Waals surface area contributed by atoms with Crippen LogP contribution in [-0.4, -0.2) is 18.6 Å². The van der Waals surface area contributed by atoms with Gasteiger partial charge in [-0.3, -0.25) is 10.3 Å². The summed E-state index contributed by atoms with van der Waals surface area (Å²) in [6.07, 6.45) is 7.14. The smallest absolute Gasteiger partial charge is 0.330 e. The molecule has 0 spiro atoms. The first-order chi connectivity index (χ1) is 8.08. The Kier molecular flexibility index (Phi) is 4.23. The highest BCUT2D eigenvalue weighted by Gasteiger charge is 2.69. The molecule has 0 saturated carbocycles. The largest absolute Gasteiger partial charge is 0.482 e. The molecule has 0 aromatic heterocycles. The summed E-state index contributed by atoms with van der Waals surface area (Å²) >= 11 is 0. The average molecular weight is 264 g/mol. The Hall–Kier alpha value is 0.0300. The summed E-state index contributed by atoms with van der Waals surface area (Å²) in [7, 11) is -3.23. The van der Waals surface area contributed by atoms with Gasteiger partial charge in [-0.15, -0.1) is 0 Å². The summed E-state index contributed by atoms with van der Waals surface area (Å²) < 4.78 is 26.3. The van der Waals surface area contributed by atoms with Crippen LogP contribution in [0.3, 0.4) is 0 Å². The van der Waals surface area contributed by atoms with Crippen LogP contribution in [0.5, 0.6) is 0 Å². The van der Waals surface area contributed by atoms with E-state index in [2.05, 4.69) is 0 Å². The maximum Gasteiger partial charge on any atom is 0.482 e. The third kappa shape index (κ3) is 3.08. The molecule has 1 atom stereocenters. The Labute approximate surface area is 102 Å². The van der Waals surface area contributed by atoms with Crippen LogP contribution in [0, 0.1) is 0 Å². The van der Waals surface area contributed by atoms with E-state index in [9.17, 15) is 4.57 Å². The van der Waals surface area contributed by atoms with Crippen LogP contribution in [0.2, 0.25) is 0 Å². The van der Waals surface area contributed by atoms with Crippen molar-refractivity contribution >= 4 is 7.82 Å². The van der Waals surface area contributed by atoms with Gasteiger partial charge in [0.1, 0.15) is 6.10 Å². The second kappa shape index (κ2) is 5.34. The number of fused-ring (bicyclic) bond motifs is 1. The first-order valence-electron chi connectivity index (χ1n) is 6.27. The molecule has 3 rings (SSSR count). The van der Waals surface area contributed by atoms with E-state index in [1.54, 1.807) is 0 Å². The van der Waals surface area contributed by atoms with Gasteiger partial charge in [0.25, 0.3) is 5.91 Å². The lowest BCUT2D eigenvalue weighted by Crippen LogP contribution is -2.52. The van der Waals surface area contributed by atoms with Gasteiger partial charge >= 0.3 is 7.82 Å². The zero-order valence-corrected chi connectivity index (χ0v) is 10.9. The number of rotatable bonds is 8. The van der Waals surface area contributed by atoms with Crippen molar-refractivity contribution in [2.75, 3.05) is 6.54 Å². The molecule has 0 radical (unpaired) electrons. The summed E-state index contributed by atoms with van der Waals surface area (Å²) in [6.45, 7) is 0.773. The molecule has 0 aliphatic carbocycles. The van der Waals surface area contributed by atoms with Crippen molar-refractivity contribution in [2.45, 2.75) is 57.0 Å². The number of nitrogens with two attached hydrogens (primary N) is 2. The Morgan fingerprint density at radius 2 is 1.65 bits per heavy atom. The van der Waals surface area contributed by atoms with Gasteiger partial charge in [-0.2, -0.15) is 0 Å². The topological polar surface area (TPSA) is 96.8 Å². The minimum absolute atomic E-state index is 0.377. The van der Waals surface area contributed by atoms with E-state index in [1.165, 1.54) is 19.3 Å². The van der Waals surface area contributed by atoms with E-state index in [0.29, 0.717) is 0 Å². The minimum Gasteiger partial charge on any atom is -0.330 e. The zero-order valence-electron chi connectivity index (χ0n) is 9.97.